The van der Waals surface area contributed by atoms with Crippen LogP contribution in [-0.4, -0.2) is 24.1 Å². The summed E-state index contributed by atoms with van der Waals surface area (Å²) in [6, 6.07) is 90.6. The Morgan fingerprint density at radius 3 is 1.12 bits per heavy atom. The summed E-state index contributed by atoms with van der Waals surface area (Å²) in [5.41, 5.74) is 16.1. The Balaban J connectivity index is 1.04. The Morgan fingerprint density at radius 1 is 0.306 bits per heavy atom. The number of nitrogens with zero attached hydrogens (tertiary/aromatic N) is 14. The highest BCUT2D eigenvalue weighted by molar-refractivity contribution is 6.14. The van der Waals surface area contributed by atoms with Gasteiger partial charge in [-0.3, -0.25) is 0 Å². The van der Waals surface area contributed by atoms with Crippen LogP contribution >= 0.6 is 0 Å². The molecule has 0 radical (unpaired) electrons. The van der Waals surface area contributed by atoms with Gasteiger partial charge in [0.2, 0.25) is 0 Å². The van der Waals surface area contributed by atoms with E-state index < -0.39 is 5.92 Å². The first-order valence-electron chi connectivity index (χ1n) is 30.9. The van der Waals surface area contributed by atoms with Gasteiger partial charge in [-0.05, 0) is 154 Å². The van der Waals surface area contributed by atoms with E-state index in [-0.39, 0.29) is 6.42 Å². The van der Waals surface area contributed by atoms with Crippen LogP contribution in [0.2, 0.25) is 0 Å². The number of hydrogen-bond acceptors (Lipinski definition) is 12. The standard InChI is InChI=1S/C84H42N14/c85-41-50-11-21-66(62(31-50)46-90)57-17-27-77-72(36-57)73-37-58(67-22-12-51(42-86)32-63(67)47-91)18-28-78(73)97(77)76-26-15-54(45-89)35-71(76)70-25-16-61(84-95-82(55-7-3-1-4-8-55)94-83(96-84)56-9-5-2-6-10-56)40-81(70)98-79-29-19-59(68-23-13-52(43-87)33-64(68)48-92)38-74(79)75-39-60(20-30-80(75)98)69-24-14-53(44-88)34-65(69)49-93/h1-31,33-40,51H,32H2. The lowest BCUT2D eigenvalue weighted by Gasteiger charge is -2.20. The average molecular weight is 1250 g/mol. The van der Waals surface area contributed by atoms with E-state index in [1.165, 1.54) is 0 Å². The monoisotopic (exact) mass is 1250 g/mol. The quantitative estimate of drug-likeness (QED) is 0.124. The van der Waals surface area contributed by atoms with Crippen molar-refractivity contribution in [1.82, 2.24) is 24.1 Å². The zero-order chi connectivity index (χ0) is 67.1. The predicted molar refractivity (Wildman–Crippen MR) is 375 cm³/mol. The second-order valence-corrected chi connectivity index (χ2v) is 23.5. The van der Waals surface area contributed by atoms with Crippen LogP contribution < -0.4 is 0 Å². The van der Waals surface area contributed by atoms with Gasteiger partial charge in [0.05, 0.1) is 133 Å². The molecule has 1 unspecified atom stereocenters. The number of fused-ring (bicyclic) bond motifs is 6. The molecule has 0 fully saturated rings. The van der Waals surface area contributed by atoms with E-state index in [0.717, 1.165) is 65.9 Å². The van der Waals surface area contributed by atoms with Gasteiger partial charge < -0.3 is 9.13 Å². The molecule has 1 aliphatic carbocycles. The van der Waals surface area contributed by atoms with Gasteiger partial charge in [-0.15, -0.1) is 0 Å². The lowest BCUT2D eigenvalue weighted by Crippen LogP contribution is -2.04. The van der Waals surface area contributed by atoms with E-state index in [1.54, 1.807) is 60.7 Å². The van der Waals surface area contributed by atoms with Gasteiger partial charge in [-0.2, -0.15) is 47.4 Å². The first-order chi connectivity index (χ1) is 48.1. The molecule has 0 N–H and O–H groups in total. The summed E-state index contributed by atoms with van der Waals surface area (Å²) < 4.78 is 4.32. The zero-order valence-electron chi connectivity index (χ0n) is 51.6. The van der Waals surface area contributed by atoms with Crippen molar-refractivity contribution in [2.24, 2.45) is 5.92 Å². The third-order valence-corrected chi connectivity index (χ3v) is 18.0. The number of nitriles is 9. The number of aromatic nitrogens is 5. The van der Waals surface area contributed by atoms with Gasteiger partial charge in [0.25, 0.3) is 0 Å². The summed E-state index contributed by atoms with van der Waals surface area (Å²) in [6.45, 7) is 0. The summed E-state index contributed by atoms with van der Waals surface area (Å²) in [7, 11) is 0. The van der Waals surface area contributed by atoms with Crippen LogP contribution in [0, 0.1) is 108 Å². The molecule has 14 heteroatoms. The number of allylic oxidation sites excluding steroid dienone is 4. The van der Waals surface area contributed by atoms with Crippen molar-refractivity contribution in [2.75, 3.05) is 0 Å². The van der Waals surface area contributed by atoms with Crippen LogP contribution in [0.4, 0.5) is 0 Å². The van der Waals surface area contributed by atoms with Gasteiger partial charge >= 0.3 is 0 Å². The molecule has 98 heavy (non-hydrogen) atoms. The lowest BCUT2D eigenvalue weighted by molar-refractivity contribution is 0.818. The zero-order valence-corrected chi connectivity index (χ0v) is 51.6. The Kier molecular flexibility index (Phi) is 14.8. The fourth-order valence-corrected chi connectivity index (χ4v) is 13.3. The highest BCUT2D eigenvalue weighted by Gasteiger charge is 2.26. The molecule has 14 aromatic rings. The van der Waals surface area contributed by atoms with Crippen molar-refractivity contribution in [1.29, 1.82) is 47.4 Å². The molecule has 1 atom stereocenters. The van der Waals surface area contributed by atoms with Crippen molar-refractivity contribution >= 4 is 49.2 Å². The van der Waals surface area contributed by atoms with Crippen molar-refractivity contribution in [3.05, 3.63) is 287 Å². The number of benzene rings is 11. The normalized spacial score (nSPS) is 12.4. The molecule has 15 rings (SSSR count). The van der Waals surface area contributed by atoms with E-state index >= 15 is 0 Å². The van der Waals surface area contributed by atoms with Crippen LogP contribution in [0.5, 0.6) is 0 Å². The molecule has 3 heterocycles. The van der Waals surface area contributed by atoms with Crippen LogP contribution in [0.1, 0.15) is 50.9 Å². The van der Waals surface area contributed by atoms with E-state index in [2.05, 4.69) is 63.8 Å². The van der Waals surface area contributed by atoms with Gasteiger partial charge in [0, 0.05) is 61.4 Å². The van der Waals surface area contributed by atoms with Crippen LogP contribution in [0.25, 0.3) is 139 Å². The molecular weight excluding hydrogens is 1210 g/mol. The minimum Gasteiger partial charge on any atom is -0.309 e. The summed E-state index contributed by atoms with van der Waals surface area (Å²) in [5, 5.41) is 95.8. The molecule has 0 bridgehead atoms. The maximum atomic E-state index is 11.0. The summed E-state index contributed by atoms with van der Waals surface area (Å²) in [4.78, 5) is 15.5. The molecule has 11 aromatic carbocycles. The Hall–Kier alpha value is -15.1. The predicted octanol–water partition coefficient (Wildman–Crippen LogP) is 18.2. The second-order valence-electron chi connectivity index (χ2n) is 23.5. The van der Waals surface area contributed by atoms with Crippen LogP contribution in [-0.2, 0) is 0 Å². The highest BCUT2D eigenvalue weighted by atomic mass is 15.0. The van der Waals surface area contributed by atoms with Crippen molar-refractivity contribution < 1.29 is 0 Å². The summed E-state index contributed by atoms with van der Waals surface area (Å²) in [5.74, 6) is 0.819. The van der Waals surface area contributed by atoms with Crippen LogP contribution in [0.15, 0.2) is 242 Å². The molecule has 0 amide bonds. The topological polar surface area (TPSA) is 263 Å². The first-order valence-corrected chi connectivity index (χ1v) is 30.9. The number of rotatable bonds is 10. The van der Waals surface area contributed by atoms with Crippen molar-refractivity contribution in [3.63, 3.8) is 0 Å². The Labute approximate surface area is 561 Å². The van der Waals surface area contributed by atoms with E-state index in [0.29, 0.717) is 123 Å². The lowest BCUT2D eigenvalue weighted by atomic mass is 9.87. The molecular formula is C84H42N14. The highest BCUT2D eigenvalue weighted by Crippen LogP contribution is 2.46. The summed E-state index contributed by atoms with van der Waals surface area (Å²) >= 11 is 0. The fourth-order valence-electron chi connectivity index (χ4n) is 13.3. The minimum absolute atomic E-state index is 0.261. The molecule has 14 nitrogen and oxygen atoms in total. The molecule has 1 aliphatic rings. The second kappa shape index (κ2) is 24.5. The van der Waals surface area contributed by atoms with E-state index in [9.17, 15) is 47.4 Å². The van der Waals surface area contributed by atoms with Crippen molar-refractivity contribution in [2.45, 2.75) is 6.42 Å². The molecule has 0 aliphatic heterocycles. The maximum Gasteiger partial charge on any atom is 0.164 e. The Bertz CT molecular complexity index is 6090. The maximum absolute atomic E-state index is 11.0. The smallest absolute Gasteiger partial charge is 0.164 e. The third kappa shape index (κ3) is 10.2. The average Bonchev–Trinajstić information content (AvgIpc) is 1.57. The molecule has 0 spiro atoms. The first kappa shape index (κ1) is 59.2. The molecule has 0 saturated carbocycles. The van der Waals surface area contributed by atoms with Gasteiger partial charge in [-0.25, -0.2) is 15.0 Å². The van der Waals surface area contributed by atoms with Crippen molar-refractivity contribution in [3.8, 4) is 145 Å². The van der Waals surface area contributed by atoms with Gasteiger partial charge in [-0.1, -0.05) is 127 Å². The molecule has 0 saturated heterocycles. The minimum atomic E-state index is -0.455. The summed E-state index contributed by atoms with van der Waals surface area (Å²) in [6.07, 6.45) is 3.92. The third-order valence-electron chi connectivity index (χ3n) is 18.0. The largest absolute Gasteiger partial charge is 0.309 e. The SMILES string of the molecule is N#CC1=C(c2ccc3c(c2)c2cc(-c4ccc(C#N)cc4C#N)ccc2n3-c2ccc(C#N)cc2-c2ccc(-c3nc(-c4ccccc4)nc(-c4ccccc4)n3)cc2-n2c3ccc(-c4ccc(C#N)cc4C#N)cc3c3cc(-c4ccc(C#N)cc4C#N)ccc32)C=CC(C#N)C1. The number of hydrogen-bond donors (Lipinski definition) is 0. The Morgan fingerprint density at radius 2 is 0.694 bits per heavy atom. The molecule has 448 valence electrons. The van der Waals surface area contributed by atoms with Gasteiger partial charge in [0.15, 0.2) is 17.5 Å². The van der Waals surface area contributed by atoms with E-state index in [1.807, 2.05) is 176 Å². The fraction of sp³-hybridized carbons (Fsp3) is 0.0238. The van der Waals surface area contributed by atoms with Crippen LogP contribution in [0.3, 0.4) is 0 Å². The van der Waals surface area contributed by atoms with Gasteiger partial charge in [0.1, 0.15) is 0 Å². The molecule has 3 aromatic heterocycles. The van der Waals surface area contributed by atoms with E-state index in [4.69, 9.17) is 15.0 Å².